The number of hydrogen-bond acceptors (Lipinski definition) is 1. The molecule has 0 aliphatic carbocycles. The first-order valence-corrected chi connectivity index (χ1v) is 9.72. The van der Waals surface area contributed by atoms with Gasteiger partial charge in [-0.1, -0.05) is 106 Å². The number of hydrogen-bond donors (Lipinski definition) is 0. The molecule has 0 N–H and O–H groups in total. The van der Waals surface area contributed by atoms with Crippen molar-refractivity contribution in [3.8, 4) is 0 Å². The first-order valence-electron chi connectivity index (χ1n) is 8.96. The maximum absolute atomic E-state index is 6.26. The third-order valence-corrected chi connectivity index (χ3v) is 5.16. The first kappa shape index (κ1) is 18.5. The van der Waals surface area contributed by atoms with Crippen LogP contribution in [-0.4, -0.2) is 4.98 Å². The zero-order valence-electron chi connectivity index (χ0n) is 14.1. The van der Waals surface area contributed by atoms with Gasteiger partial charge in [0.1, 0.15) is 5.15 Å². The van der Waals surface area contributed by atoms with Crippen LogP contribution < -0.4 is 0 Å². The molecule has 0 aliphatic rings. The molecule has 1 aromatic carbocycles. The molecule has 0 fully saturated rings. The molecular weight excluding hydrogens is 325 g/mol. The van der Waals surface area contributed by atoms with E-state index in [1.54, 1.807) is 0 Å². The fourth-order valence-electron chi connectivity index (χ4n) is 3.06. The first-order chi connectivity index (χ1) is 11.2. The average Bonchev–Trinajstić information content (AvgIpc) is 2.57. The van der Waals surface area contributed by atoms with Gasteiger partial charge in [-0.05, 0) is 12.8 Å². The minimum Gasteiger partial charge on any atom is -0.239 e. The molecule has 0 saturated carbocycles. The molecule has 2 aromatic rings. The van der Waals surface area contributed by atoms with Crippen molar-refractivity contribution in [1.29, 1.82) is 0 Å². The average molecular weight is 352 g/mol. The van der Waals surface area contributed by atoms with Gasteiger partial charge in [-0.25, -0.2) is 4.98 Å². The molecule has 3 heteroatoms. The van der Waals surface area contributed by atoms with E-state index >= 15 is 0 Å². The van der Waals surface area contributed by atoms with E-state index < -0.39 is 0 Å². The van der Waals surface area contributed by atoms with E-state index in [9.17, 15) is 0 Å². The molecule has 2 rings (SSSR count). The lowest BCUT2D eigenvalue weighted by atomic mass is 10.0. The Morgan fingerprint density at radius 1 is 0.783 bits per heavy atom. The number of halogens is 2. The van der Waals surface area contributed by atoms with Crippen LogP contribution >= 0.6 is 23.2 Å². The molecule has 1 aromatic heterocycles. The van der Waals surface area contributed by atoms with Gasteiger partial charge in [0.15, 0.2) is 0 Å². The molecule has 0 saturated heterocycles. The van der Waals surface area contributed by atoms with Gasteiger partial charge in [0, 0.05) is 10.8 Å². The Hall–Kier alpha value is -0.790. The second kappa shape index (κ2) is 10.2. The predicted molar refractivity (Wildman–Crippen MR) is 103 cm³/mol. The van der Waals surface area contributed by atoms with E-state index in [1.165, 1.54) is 57.8 Å². The van der Waals surface area contributed by atoms with Crippen LogP contribution in [0.5, 0.6) is 0 Å². The smallest absolute Gasteiger partial charge is 0.148 e. The summed E-state index contributed by atoms with van der Waals surface area (Å²) in [6, 6.07) is 8.14. The van der Waals surface area contributed by atoms with Crippen molar-refractivity contribution in [2.45, 2.75) is 71.1 Å². The summed E-state index contributed by atoms with van der Waals surface area (Å²) in [6.45, 7) is 2.26. The van der Waals surface area contributed by atoms with Crippen molar-refractivity contribution in [3.63, 3.8) is 0 Å². The fourth-order valence-corrected chi connectivity index (χ4v) is 3.47. The number of nitrogens with zero attached hydrogens (tertiary/aromatic N) is 1. The molecule has 0 spiro atoms. The number of fused-ring (bicyclic) bond motifs is 1. The van der Waals surface area contributed by atoms with Crippen LogP contribution in [-0.2, 0) is 6.42 Å². The summed E-state index contributed by atoms with van der Waals surface area (Å²) in [7, 11) is 0. The molecule has 0 radical (unpaired) electrons. The lowest BCUT2D eigenvalue weighted by Crippen LogP contribution is -1.94. The van der Waals surface area contributed by atoms with Crippen LogP contribution in [0.15, 0.2) is 24.3 Å². The number of pyridine rings is 1. The fraction of sp³-hybridized carbons (Fsp3) is 0.550. The minimum atomic E-state index is 0.427. The molecule has 23 heavy (non-hydrogen) atoms. The van der Waals surface area contributed by atoms with Gasteiger partial charge in [0.25, 0.3) is 0 Å². The number of unbranched alkanes of at least 4 members (excludes halogenated alkanes) is 8. The monoisotopic (exact) mass is 351 g/mol. The molecule has 0 atom stereocenters. The summed E-state index contributed by atoms with van der Waals surface area (Å²) < 4.78 is 0. The van der Waals surface area contributed by atoms with Crippen LogP contribution in [0.2, 0.25) is 10.2 Å². The lowest BCUT2D eigenvalue weighted by Gasteiger charge is -2.09. The normalized spacial score (nSPS) is 11.3. The number of aryl methyl sites for hydroxylation is 1. The molecule has 0 aliphatic heterocycles. The SMILES string of the molecule is CCCCCCCCCCCc1nc(Cl)c(Cl)c2ccccc12. The molecule has 0 bridgehead atoms. The highest BCUT2D eigenvalue weighted by Gasteiger charge is 2.10. The third-order valence-electron chi connectivity index (χ3n) is 4.41. The zero-order chi connectivity index (χ0) is 16.5. The van der Waals surface area contributed by atoms with Gasteiger partial charge in [-0.3, -0.25) is 0 Å². The maximum atomic E-state index is 6.26. The summed E-state index contributed by atoms with van der Waals surface area (Å²) in [5.41, 5.74) is 1.08. The predicted octanol–water partition coefficient (Wildman–Crippen LogP) is 7.61. The van der Waals surface area contributed by atoms with Gasteiger partial charge in [-0.2, -0.15) is 0 Å². The number of aromatic nitrogens is 1. The van der Waals surface area contributed by atoms with E-state index in [2.05, 4.69) is 18.0 Å². The summed E-state index contributed by atoms with van der Waals surface area (Å²) in [5, 5.41) is 3.15. The maximum Gasteiger partial charge on any atom is 0.148 e. The summed E-state index contributed by atoms with van der Waals surface area (Å²) in [4.78, 5) is 4.50. The number of rotatable bonds is 10. The lowest BCUT2D eigenvalue weighted by molar-refractivity contribution is 0.564. The molecular formula is C20H27Cl2N. The Morgan fingerprint density at radius 2 is 1.35 bits per heavy atom. The molecule has 0 amide bonds. The third kappa shape index (κ3) is 5.65. The number of benzene rings is 1. The Balaban J connectivity index is 1.78. The van der Waals surface area contributed by atoms with Gasteiger partial charge in [0.2, 0.25) is 0 Å². The van der Waals surface area contributed by atoms with Crippen LogP contribution in [0.3, 0.4) is 0 Å². The van der Waals surface area contributed by atoms with E-state index in [0.717, 1.165) is 22.9 Å². The minimum absolute atomic E-state index is 0.427. The highest BCUT2D eigenvalue weighted by molar-refractivity contribution is 6.44. The van der Waals surface area contributed by atoms with E-state index in [-0.39, 0.29) is 0 Å². The van der Waals surface area contributed by atoms with Crippen molar-refractivity contribution in [3.05, 3.63) is 40.1 Å². The van der Waals surface area contributed by atoms with Crippen LogP contribution in [0.25, 0.3) is 10.8 Å². The summed E-state index contributed by atoms with van der Waals surface area (Å²) in [5.74, 6) is 0. The largest absolute Gasteiger partial charge is 0.239 e. The van der Waals surface area contributed by atoms with Crippen molar-refractivity contribution in [2.75, 3.05) is 0 Å². The van der Waals surface area contributed by atoms with Crippen molar-refractivity contribution < 1.29 is 0 Å². The Labute approximate surface area is 150 Å². The second-order valence-electron chi connectivity index (χ2n) is 6.29. The Morgan fingerprint density at radius 3 is 2.00 bits per heavy atom. The molecule has 0 unspecified atom stereocenters. The van der Waals surface area contributed by atoms with E-state index in [4.69, 9.17) is 23.2 Å². The van der Waals surface area contributed by atoms with Crippen LogP contribution in [0, 0.1) is 0 Å². The molecule has 126 valence electrons. The van der Waals surface area contributed by atoms with Crippen molar-refractivity contribution >= 4 is 34.0 Å². The summed E-state index contributed by atoms with van der Waals surface area (Å²) >= 11 is 12.4. The van der Waals surface area contributed by atoms with E-state index in [0.29, 0.717) is 10.2 Å². The van der Waals surface area contributed by atoms with Crippen LogP contribution in [0.1, 0.15) is 70.4 Å². The highest BCUT2D eigenvalue weighted by Crippen LogP contribution is 2.31. The Kier molecular flexibility index (Phi) is 8.19. The Bertz CT molecular complexity index is 610. The summed E-state index contributed by atoms with van der Waals surface area (Å²) in [6.07, 6.45) is 13.0. The quantitative estimate of drug-likeness (QED) is 0.317. The van der Waals surface area contributed by atoms with E-state index in [1.807, 2.05) is 18.2 Å². The highest BCUT2D eigenvalue weighted by atomic mass is 35.5. The van der Waals surface area contributed by atoms with Gasteiger partial charge in [0.05, 0.1) is 10.7 Å². The second-order valence-corrected chi connectivity index (χ2v) is 7.02. The standard InChI is InChI=1S/C20H27Cl2N/c1-2-3-4-5-6-7-8-9-10-15-18-16-13-11-12-14-17(16)19(21)20(22)23-18/h11-14H,2-10,15H2,1H3. The van der Waals surface area contributed by atoms with Gasteiger partial charge in [-0.15, -0.1) is 0 Å². The van der Waals surface area contributed by atoms with Crippen molar-refractivity contribution in [1.82, 2.24) is 4.98 Å². The van der Waals surface area contributed by atoms with Gasteiger partial charge < -0.3 is 0 Å². The van der Waals surface area contributed by atoms with Crippen LogP contribution in [0.4, 0.5) is 0 Å². The molecule has 1 nitrogen and oxygen atoms in total. The van der Waals surface area contributed by atoms with Gasteiger partial charge >= 0.3 is 0 Å². The topological polar surface area (TPSA) is 12.9 Å². The molecule has 1 heterocycles. The zero-order valence-corrected chi connectivity index (χ0v) is 15.6. The van der Waals surface area contributed by atoms with Crippen molar-refractivity contribution in [2.24, 2.45) is 0 Å².